The lowest BCUT2D eigenvalue weighted by Gasteiger charge is -2.04. The third-order valence-electron chi connectivity index (χ3n) is 1.72. The highest BCUT2D eigenvalue weighted by atomic mass is 79.9. The zero-order chi connectivity index (χ0) is 9.68. The molecule has 0 fully saturated rings. The maximum atomic E-state index is 9.58. The van der Waals surface area contributed by atoms with Crippen molar-refractivity contribution in [2.24, 2.45) is 0 Å². The summed E-state index contributed by atoms with van der Waals surface area (Å²) in [6, 6.07) is 3.52. The van der Waals surface area contributed by atoms with E-state index in [2.05, 4.69) is 21.9 Å². The van der Waals surface area contributed by atoms with Gasteiger partial charge in [-0.15, -0.1) is 12.3 Å². The number of aliphatic hydroxyl groups excluding tert-OH is 1. The van der Waals surface area contributed by atoms with Crippen LogP contribution in [0.1, 0.15) is 31.1 Å². The summed E-state index contributed by atoms with van der Waals surface area (Å²) in [5.74, 6) is 3.12. The normalized spacial score (nSPS) is 12.4. The van der Waals surface area contributed by atoms with Gasteiger partial charge in [0.1, 0.15) is 11.9 Å². The molecule has 0 bridgehead atoms. The zero-order valence-corrected chi connectivity index (χ0v) is 8.75. The van der Waals surface area contributed by atoms with Gasteiger partial charge in [-0.1, -0.05) is 0 Å². The van der Waals surface area contributed by atoms with Gasteiger partial charge in [-0.25, -0.2) is 0 Å². The highest BCUT2D eigenvalue weighted by molar-refractivity contribution is 9.10. The van der Waals surface area contributed by atoms with E-state index >= 15 is 0 Å². The molecule has 1 aromatic rings. The molecule has 2 nitrogen and oxygen atoms in total. The largest absolute Gasteiger partial charge is 0.452 e. The molecule has 70 valence electrons. The highest BCUT2D eigenvalue weighted by Gasteiger charge is 2.10. The Kier molecular flexibility index (Phi) is 4.07. The van der Waals surface area contributed by atoms with Crippen molar-refractivity contribution in [3.05, 3.63) is 22.6 Å². The van der Waals surface area contributed by atoms with E-state index in [0.29, 0.717) is 23.3 Å². The number of halogens is 1. The van der Waals surface area contributed by atoms with Crippen LogP contribution < -0.4 is 0 Å². The van der Waals surface area contributed by atoms with Crippen LogP contribution in [0.2, 0.25) is 0 Å². The molecule has 0 aliphatic carbocycles. The summed E-state index contributed by atoms with van der Waals surface area (Å²) < 4.78 is 5.83. The molecule has 0 aromatic carbocycles. The summed E-state index contributed by atoms with van der Waals surface area (Å²) in [6.07, 6.45) is 6.70. The fraction of sp³-hybridized carbons (Fsp3) is 0.400. The van der Waals surface area contributed by atoms with E-state index < -0.39 is 6.10 Å². The first-order chi connectivity index (χ1) is 6.24. The van der Waals surface area contributed by atoms with Gasteiger partial charge >= 0.3 is 0 Å². The average Bonchev–Trinajstić information content (AvgIpc) is 2.52. The van der Waals surface area contributed by atoms with E-state index in [1.165, 1.54) is 0 Å². The maximum absolute atomic E-state index is 9.58. The van der Waals surface area contributed by atoms with Gasteiger partial charge in [0.2, 0.25) is 0 Å². The fourth-order valence-electron chi connectivity index (χ4n) is 1.05. The van der Waals surface area contributed by atoms with Crippen molar-refractivity contribution in [3.8, 4) is 12.3 Å². The number of rotatable bonds is 4. The van der Waals surface area contributed by atoms with E-state index in [1.807, 2.05) is 0 Å². The number of hydrogen-bond donors (Lipinski definition) is 1. The van der Waals surface area contributed by atoms with Crippen molar-refractivity contribution in [1.82, 2.24) is 0 Å². The standard InChI is InChI=1S/C10H11BrO2/c1-2-3-4-5-8(12)9-6-7-10(11)13-9/h1,6-8,12H,3-5H2. The molecule has 0 saturated heterocycles. The molecule has 0 spiro atoms. The summed E-state index contributed by atoms with van der Waals surface area (Å²) >= 11 is 3.17. The molecule has 0 saturated carbocycles. The van der Waals surface area contributed by atoms with Crippen LogP contribution in [0, 0.1) is 12.3 Å². The lowest BCUT2D eigenvalue weighted by molar-refractivity contribution is 0.137. The van der Waals surface area contributed by atoms with Gasteiger partial charge in [-0.3, -0.25) is 0 Å². The summed E-state index contributed by atoms with van der Waals surface area (Å²) in [6.45, 7) is 0. The second-order valence-electron chi connectivity index (χ2n) is 2.75. The fourth-order valence-corrected chi connectivity index (χ4v) is 1.37. The van der Waals surface area contributed by atoms with Crippen LogP contribution in [0.5, 0.6) is 0 Å². The molecule has 0 aliphatic rings. The molecule has 13 heavy (non-hydrogen) atoms. The minimum Gasteiger partial charge on any atom is -0.452 e. The third-order valence-corrected chi connectivity index (χ3v) is 2.15. The first-order valence-electron chi connectivity index (χ1n) is 4.11. The van der Waals surface area contributed by atoms with Gasteiger partial charge < -0.3 is 9.52 Å². The topological polar surface area (TPSA) is 33.4 Å². The number of hydrogen-bond acceptors (Lipinski definition) is 2. The minimum absolute atomic E-state index is 0.542. The summed E-state index contributed by atoms with van der Waals surface area (Å²) in [5.41, 5.74) is 0. The first-order valence-corrected chi connectivity index (χ1v) is 4.90. The highest BCUT2D eigenvalue weighted by Crippen LogP contribution is 2.23. The van der Waals surface area contributed by atoms with Crippen molar-refractivity contribution in [3.63, 3.8) is 0 Å². The number of aliphatic hydroxyl groups is 1. The Balaban J connectivity index is 2.40. The number of furan rings is 1. The SMILES string of the molecule is C#CCCCC(O)c1ccc(Br)o1. The predicted octanol–water partition coefficient (Wildman–Crippen LogP) is 2.88. The number of unbranched alkanes of at least 4 members (excludes halogenated alkanes) is 1. The Labute approximate surface area is 86.1 Å². The second kappa shape index (κ2) is 5.11. The molecule has 1 aromatic heterocycles. The predicted molar refractivity (Wildman–Crippen MR) is 54.1 cm³/mol. The van der Waals surface area contributed by atoms with Crippen LogP contribution in [-0.4, -0.2) is 5.11 Å². The maximum Gasteiger partial charge on any atom is 0.169 e. The minimum atomic E-state index is -0.542. The number of terminal acetylenes is 1. The Morgan fingerprint density at radius 3 is 2.92 bits per heavy atom. The Morgan fingerprint density at radius 2 is 2.38 bits per heavy atom. The van der Waals surface area contributed by atoms with Crippen molar-refractivity contribution >= 4 is 15.9 Å². The van der Waals surface area contributed by atoms with Crippen molar-refractivity contribution in [2.45, 2.75) is 25.4 Å². The molecule has 1 N–H and O–H groups in total. The van der Waals surface area contributed by atoms with Crippen molar-refractivity contribution in [1.29, 1.82) is 0 Å². The third kappa shape index (κ3) is 3.25. The van der Waals surface area contributed by atoms with E-state index in [-0.39, 0.29) is 0 Å². The van der Waals surface area contributed by atoms with Crippen LogP contribution in [0.25, 0.3) is 0 Å². The molecule has 1 rings (SSSR count). The van der Waals surface area contributed by atoms with Gasteiger partial charge in [0.05, 0.1) is 0 Å². The Bertz CT molecular complexity index is 298. The lowest BCUT2D eigenvalue weighted by atomic mass is 10.1. The van der Waals surface area contributed by atoms with Crippen molar-refractivity contribution in [2.75, 3.05) is 0 Å². The molecule has 1 unspecified atom stereocenters. The molecule has 0 amide bonds. The van der Waals surface area contributed by atoms with Gasteiger partial charge in [0.25, 0.3) is 0 Å². The monoisotopic (exact) mass is 242 g/mol. The zero-order valence-electron chi connectivity index (χ0n) is 7.16. The molecule has 0 aliphatic heterocycles. The van der Waals surface area contributed by atoms with Crippen LogP contribution in [0.15, 0.2) is 21.2 Å². The molecular formula is C10H11BrO2. The van der Waals surface area contributed by atoms with Gasteiger partial charge in [-0.2, -0.15) is 0 Å². The van der Waals surface area contributed by atoms with E-state index in [4.69, 9.17) is 10.8 Å². The summed E-state index contributed by atoms with van der Waals surface area (Å²) in [4.78, 5) is 0. The molecular weight excluding hydrogens is 232 g/mol. The summed E-state index contributed by atoms with van der Waals surface area (Å²) in [7, 11) is 0. The molecule has 3 heteroatoms. The smallest absolute Gasteiger partial charge is 0.169 e. The van der Waals surface area contributed by atoms with Crippen LogP contribution in [0.3, 0.4) is 0 Å². The lowest BCUT2D eigenvalue weighted by Crippen LogP contribution is -1.94. The molecule has 0 radical (unpaired) electrons. The van der Waals surface area contributed by atoms with Gasteiger partial charge in [-0.05, 0) is 40.9 Å². The quantitative estimate of drug-likeness (QED) is 0.651. The van der Waals surface area contributed by atoms with E-state index in [9.17, 15) is 5.11 Å². The van der Waals surface area contributed by atoms with Gasteiger partial charge in [0.15, 0.2) is 4.67 Å². The second-order valence-corrected chi connectivity index (χ2v) is 3.54. The molecule has 1 heterocycles. The molecule has 1 atom stereocenters. The van der Waals surface area contributed by atoms with E-state index in [1.54, 1.807) is 12.1 Å². The Morgan fingerprint density at radius 1 is 1.62 bits per heavy atom. The summed E-state index contributed by atoms with van der Waals surface area (Å²) in [5, 5.41) is 9.58. The Hall–Kier alpha value is -0.720. The van der Waals surface area contributed by atoms with Crippen LogP contribution >= 0.6 is 15.9 Å². The van der Waals surface area contributed by atoms with Gasteiger partial charge in [0, 0.05) is 6.42 Å². The van der Waals surface area contributed by atoms with Crippen molar-refractivity contribution < 1.29 is 9.52 Å². The van der Waals surface area contributed by atoms with E-state index in [0.717, 1.165) is 6.42 Å². The van der Waals surface area contributed by atoms with Crippen LogP contribution in [-0.2, 0) is 0 Å². The first kappa shape index (κ1) is 10.4. The average molecular weight is 243 g/mol. The van der Waals surface area contributed by atoms with Crippen LogP contribution in [0.4, 0.5) is 0 Å².